The first-order chi connectivity index (χ1) is 22.2. The molecule has 46 heavy (non-hydrogen) atoms. The van der Waals surface area contributed by atoms with Gasteiger partial charge < -0.3 is 34.5 Å². The van der Waals surface area contributed by atoms with E-state index in [9.17, 15) is 19.2 Å². The number of amides is 3. The molecule has 7 rings (SSSR count). The summed E-state index contributed by atoms with van der Waals surface area (Å²) in [4.78, 5) is 54.0. The number of ether oxygens (including phenoxy) is 4. The topological polar surface area (TPSA) is 150 Å². The number of hydrogen-bond donors (Lipinski definition) is 2. The Kier molecular flexibility index (Phi) is 8.47. The minimum absolute atomic E-state index is 0.0507. The lowest BCUT2D eigenvalue weighted by Gasteiger charge is -2.22. The van der Waals surface area contributed by atoms with Crippen LogP contribution in [0, 0.1) is 0 Å². The molecule has 13 heteroatoms. The monoisotopic (exact) mass is 627 g/mol. The van der Waals surface area contributed by atoms with Crippen LogP contribution in [0.1, 0.15) is 21.6 Å². The number of aryl methyl sites for hydroxylation is 1. The van der Waals surface area contributed by atoms with Crippen LogP contribution in [0.25, 0.3) is 10.8 Å². The number of benzene rings is 3. The molecule has 0 spiro atoms. The predicted octanol–water partition coefficient (Wildman–Crippen LogP) is 1.59. The van der Waals surface area contributed by atoms with Crippen molar-refractivity contribution in [3.8, 4) is 23.0 Å². The van der Waals surface area contributed by atoms with E-state index >= 15 is 0 Å². The quantitative estimate of drug-likeness (QED) is 0.344. The van der Waals surface area contributed by atoms with Crippen LogP contribution in [0.4, 0.5) is 0 Å². The van der Waals surface area contributed by atoms with E-state index in [-0.39, 0.29) is 61.3 Å². The Hall–Kier alpha value is -5.59. The molecule has 1 fully saturated rings. The van der Waals surface area contributed by atoms with Gasteiger partial charge in [-0.25, -0.2) is 4.68 Å². The van der Waals surface area contributed by atoms with Gasteiger partial charge in [0.25, 0.3) is 17.4 Å². The number of carbonyl (C=O) groups is 3. The molecule has 0 unspecified atom stereocenters. The second-order valence-corrected chi connectivity index (χ2v) is 11.0. The molecule has 1 saturated heterocycles. The Balaban J connectivity index is 1.32. The molecular formula is C33H33N5O8. The maximum absolute atomic E-state index is 13.7. The molecule has 1 aromatic heterocycles. The molecular weight excluding hydrogens is 594 g/mol. The molecule has 4 bridgehead atoms. The molecule has 4 heterocycles. The molecule has 4 aromatic rings. The highest BCUT2D eigenvalue weighted by Crippen LogP contribution is 2.32. The third kappa shape index (κ3) is 6.16. The minimum Gasteiger partial charge on any atom is -0.493 e. The second-order valence-electron chi connectivity index (χ2n) is 11.0. The third-order valence-electron chi connectivity index (χ3n) is 8.07. The van der Waals surface area contributed by atoms with E-state index in [0.29, 0.717) is 33.7 Å². The molecule has 238 valence electrons. The number of fused-ring (bicyclic) bond motifs is 8. The number of likely N-dealkylation sites (tertiary alicyclic amines) is 1. The van der Waals surface area contributed by atoms with E-state index in [4.69, 9.17) is 18.9 Å². The van der Waals surface area contributed by atoms with Gasteiger partial charge in [-0.3, -0.25) is 19.2 Å². The van der Waals surface area contributed by atoms with E-state index in [1.165, 1.54) is 25.0 Å². The molecule has 3 aromatic carbocycles. The molecule has 2 N–H and O–H groups in total. The fourth-order valence-electron chi connectivity index (χ4n) is 5.66. The Labute approximate surface area is 264 Å². The average Bonchev–Trinajstić information content (AvgIpc) is 3.46. The Morgan fingerprint density at radius 2 is 1.74 bits per heavy atom. The van der Waals surface area contributed by atoms with Crippen molar-refractivity contribution in [1.82, 2.24) is 25.3 Å². The predicted molar refractivity (Wildman–Crippen MR) is 166 cm³/mol. The first-order valence-electron chi connectivity index (χ1n) is 14.7. The van der Waals surface area contributed by atoms with Crippen molar-refractivity contribution >= 4 is 28.5 Å². The van der Waals surface area contributed by atoms with Gasteiger partial charge in [0.1, 0.15) is 6.10 Å². The first kappa shape index (κ1) is 30.4. The summed E-state index contributed by atoms with van der Waals surface area (Å²) in [5.41, 5.74) is 1.27. The lowest BCUT2D eigenvalue weighted by atomic mass is 10.1. The van der Waals surface area contributed by atoms with Gasteiger partial charge in [0.15, 0.2) is 29.6 Å². The van der Waals surface area contributed by atoms with Gasteiger partial charge in [-0.2, -0.15) is 5.10 Å². The van der Waals surface area contributed by atoms with Gasteiger partial charge >= 0.3 is 0 Å². The van der Waals surface area contributed by atoms with E-state index in [0.717, 1.165) is 5.56 Å². The van der Waals surface area contributed by atoms with Crippen LogP contribution in [-0.2, 0) is 29.6 Å². The van der Waals surface area contributed by atoms with Crippen molar-refractivity contribution < 1.29 is 33.3 Å². The normalized spacial score (nSPS) is 18.1. The first-order valence-corrected chi connectivity index (χ1v) is 14.7. The number of methoxy groups -OCH3 is 2. The van der Waals surface area contributed by atoms with Gasteiger partial charge in [-0.1, -0.05) is 24.3 Å². The Morgan fingerprint density at radius 3 is 2.52 bits per heavy atom. The van der Waals surface area contributed by atoms with Gasteiger partial charge in [0, 0.05) is 31.1 Å². The summed E-state index contributed by atoms with van der Waals surface area (Å²) < 4.78 is 24.3. The minimum atomic E-state index is -0.637. The summed E-state index contributed by atoms with van der Waals surface area (Å²) in [6, 6.07) is 16.4. The van der Waals surface area contributed by atoms with Gasteiger partial charge in [-0.05, 0) is 42.0 Å². The molecule has 3 aliphatic heterocycles. The van der Waals surface area contributed by atoms with E-state index < -0.39 is 18.1 Å². The number of hydrogen-bond acceptors (Lipinski definition) is 9. The van der Waals surface area contributed by atoms with Crippen LogP contribution < -0.4 is 35.1 Å². The molecule has 0 saturated carbocycles. The zero-order chi connectivity index (χ0) is 32.4. The molecule has 13 nitrogen and oxygen atoms in total. The summed E-state index contributed by atoms with van der Waals surface area (Å²) >= 11 is 0. The maximum atomic E-state index is 13.7. The van der Waals surface area contributed by atoms with Crippen molar-refractivity contribution in [3.05, 3.63) is 87.8 Å². The number of nitrogens with zero attached hydrogens (tertiary/aromatic N) is 3. The number of carbonyl (C=O) groups excluding carboxylic acids is 3. The molecule has 0 radical (unpaired) electrons. The third-order valence-corrected chi connectivity index (χ3v) is 8.07. The number of rotatable bonds is 4. The summed E-state index contributed by atoms with van der Waals surface area (Å²) in [5, 5.41) is 11.3. The van der Waals surface area contributed by atoms with Crippen LogP contribution in [0.5, 0.6) is 23.0 Å². The molecule has 3 amide bonds. The summed E-state index contributed by atoms with van der Waals surface area (Å²) in [5.74, 6) is 0.416. The lowest BCUT2D eigenvalue weighted by Crippen LogP contribution is -2.45. The lowest BCUT2D eigenvalue weighted by molar-refractivity contribution is -0.129. The van der Waals surface area contributed by atoms with Gasteiger partial charge in [0.05, 0.1) is 44.3 Å². The highest BCUT2D eigenvalue weighted by atomic mass is 16.5. The summed E-state index contributed by atoms with van der Waals surface area (Å²) in [6.45, 7) is 0.266. The van der Waals surface area contributed by atoms with Crippen molar-refractivity contribution in [1.29, 1.82) is 0 Å². The van der Waals surface area contributed by atoms with Crippen molar-refractivity contribution in [2.75, 3.05) is 33.9 Å². The van der Waals surface area contributed by atoms with Crippen LogP contribution in [0.15, 0.2) is 65.5 Å². The summed E-state index contributed by atoms with van der Waals surface area (Å²) in [6.07, 6.45) is -0.688. The van der Waals surface area contributed by atoms with Gasteiger partial charge in [-0.15, -0.1) is 0 Å². The largest absolute Gasteiger partial charge is 0.493 e. The molecule has 0 aliphatic carbocycles. The van der Waals surface area contributed by atoms with Crippen molar-refractivity contribution in [2.24, 2.45) is 7.05 Å². The van der Waals surface area contributed by atoms with Crippen LogP contribution >= 0.6 is 0 Å². The van der Waals surface area contributed by atoms with Crippen LogP contribution in [0.3, 0.4) is 0 Å². The highest BCUT2D eigenvalue weighted by molar-refractivity contribution is 5.95. The number of nitrogens with one attached hydrogen (secondary N) is 2. The van der Waals surface area contributed by atoms with E-state index in [1.807, 2.05) is 0 Å². The fourth-order valence-corrected chi connectivity index (χ4v) is 5.66. The molecule has 2 atom stereocenters. The summed E-state index contributed by atoms with van der Waals surface area (Å²) in [7, 11) is 4.53. The van der Waals surface area contributed by atoms with Crippen molar-refractivity contribution in [3.63, 3.8) is 0 Å². The Bertz CT molecular complexity index is 1890. The number of aromatic nitrogens is 2. The standard InChI is InChI=1S/C33H33N5O8/c1-37-33(42)22-7-5-4-6-21(22)23(36-37)14-31(40)38-16-24-29(17-38)46-26-10-8-19(12-27(26)44-3)15-34-30(39)18-45-28-13-20(32(41)35-24)9-11-25(28)43-2/h4-13,24,29H,14-18H2,1-3H3,(H,34,39)(H,35,41)/t24-,29-/m0/s1. The van der Waals surface area contributed by atoms with E-state index in [2.05, 4.69) is 15.7 Å². The van der Waals surface area contributed by atoms with E-state index in [1.54, 1.807) is 66.5 Å². The van der Waals surface area contributed by atoms with Crippen LogP contribution in [-0.4, -0.2) is 78.5 Å². The second kappa shape index (κ2) is 12.8. The smallest absolute Gasteiger partial charge is 0.274 e. The van der Waals surface area contributed by atoms with Gasteiger partial charge in [0.2, 0.25) is 5.91 Å². The highest BCUT2D eigenvalue weighted by Gasteiger charge is 2.39. The average molecular weight is 628 g/mol. The maximum Gasteiger partial charge on any atom is 0.274 e. The Morgan fingerprint density at radius 1 is 0.957 bits per heavy atom. The zero-order valence-electron chi connectivity index (χ0n) is 25.6. The fraction of sp³-hybridized carbons (Fsp3) is 0.303. The van der Waals surface area contributed by atoms with Crippen LogP contribution in [0.2, 0.25) is 0 Å². The van der Waals surface area contributed by atoms with Crippen molar-refractivity contribution in [2.45, 2.75) is 25.1 Å². The zero-order valence-corrected chi connectivity index (χ0v) is 25.6. The SMILES string of the molecule is COc1ccc2cc1OCC(=O)NCc1ccc(c(OC)c1)O[C@H]1CN(C(=O)Cc3nn(C)c(=O)c4ccccc34)C[C@@H]1NC2=O. The molecule has 3 aliphatic rings.